The van der Waals surface area contributed by atoms with E-state index in [1.165, 1.54) is 11.1 Å². The highest BCUT2D eigenvalue weighted by atomic mass is 16.5. The molecule has 0 heterocycles. The normalized spacial score (nSPS) is 10.3. The SMILES string of the molecule is C=CC(=O)OCCCCOc1ccc(COc2ccc(C#Cc3ccc(-c4ccc(C#Cc5ccc(OCc6ccc(OCCCCOC(=O)C=C)cc6)cc5)cc4C)c(C)c3)cc2)cc1. The lowest BCUT2D eigenvalue weighted by atomic mass is 9.94. The molecule has 6 aromatic carbocycles. The number of aryl methyl sites for hydroxylation is 2. The Hall–Kier alpha value is -7.94. The summed E-state index contributed by atoms with van der Waals surface area (Å²) < 4.78 is 33.5. The maximum Gasteiger partial charge on any atom is 0.330 e. The average Bonchev–Trinajstić information content (AvgIpc) is 3.35. The van der Waals surface area contributed by atoms with E-state index in [1.54, 1.807) is 0 Å². The van der Waals surface area contributed by atoms with Crippen LogP contribution in [0.5, 0.6) is 23.0 Å². The molecule has 0 atom stereocenters. The second kappa shape index (κ2) is 25.4. The summed E-state index contributed by atoms with van der Waals surface area (Å²) in [7, 11) is 0. The predicted octanol–water partition coefficient (Wildman–Crippen LogP) is 11.7. The van der Waals surface area contributed by atoms with Crippen LogP contribution < -0.4 is 18.9 Å². The van der Waals surface area contributed by atoms with E-state index >= 15 is 0 Å². The number of hydrogen-bond donors (Lipinski definition) is 0. The van der Waals surface area contributed by atoms with Gasteiger partial charge >= 0.3 is 11.9 Å². The lowest BCUT2D eigenvalue weighted by Crippen LogP contribution is -2.04. The molecule has 8 nitrogen and oxygen atoms in total. The zero-order chi connectivity index (χ0) is 46.4. The van der Waals surface area contributed by atoms with Crippen molar-refractivity contribution in [1.82, 2.24) is 0 Å². The van der Waals surface area contributed by atoms with Gasteiger partial charge in [0.05, 0.1) is 26.4 Å². The number of hydrogen-bond acceptors (Lipinski definition) is 8. The Morgan fingerprint density at radius 1 is 0.424 bits per heavy atom. The van der Waals surface area contributed by atoms with Gasteiger partial charge in [-0.25, -0.2) is 9.59 Å². The number of esters is 2. The molecule has 0 aromatic heterocycles. The van der Waals surface area contributed by atoms with Gasteiger partial charge in [0.25, 0.3) is 0 Å². The first-order valence-corrected chi connectivity index (χ1v) is 22.0. The van der Waals surface area contributed by atoms with Crippen molar-refractivity contribution >= 4 is 11.9 Å². The largest absolute Gasteiger partial charge is 0.494 e. The first-order valence-electron chi connectivity index (χ1n) is 22.0. The second-order valence-electron chi connectivity index (χ2n) is 15.3. The standard InChI is InChI=1S/C58H54O8/c1-5-57(59)63-37-9-7-35-61-51-29-19-49(20-30-51)41-65-53-25-15-45(16-26-53)11-13-47-23-33-55(43(3)39-47)56-34-24-48(40-44(56)4)14-12-46-17-27-54(28-18-46)66-42-50-21-31-52(32-22-50)62-36-8-10-38-64-58(60)6-2/h5-6,15-34,39-40H,1-2,7-10,35-38,41-42H2,3-4H3. The fraction of sp³-hybridized carbons (Fsp3) is 0.207. The summed E-state index contributed by atoms with van der Waals surface area (Å²) in [6.07, 6.45) is 5.36. The Morgan fingerprint density at radius 3 is 1.11 bits per heavy atom. The smallest absolute Gasteiger partial charge is 0.330 e. The summed E-state index contributed by atoms with van der Waals surface area (Å²) in [4.78, 5) is 22.2. The molecule has 8 heteroatoms. The molecule has 0 aliphatic rings. The number of unbranched alkanes of at least 4 members (excludes halogenated alkanes) is 2. The van der Waals surface area contributed by atoms with Gasteiger partial charge < -0.3 is 28.4 Å². The van der Waals surface area contributed by atoms with Gasteiger partial charge in [0, 0.05) is 34.4 Å². The molecular formula is C58H54O8. The molecular weight excluding hydrogens is 825 g/mol. The van der Waals surface area contributed by atoms with Gasteiger partial charge in [-0.2, -0.15) is 0 Å². The van der Waals surface area contributed by atoms with Crippen LogP contribution in [0, 0.1) is 37.5 Å². The topological polar surface area (TPSA) is 89.5 Å². The Bertz CT molecular complexity index is 2490. The Labute approximate surface area is 388 Å². The van der Waals surface area contributed by atoms with Crippen molar-refractivity contribution in [3.8, 4) is 57.8 Å². The van der Waals surface area contributed by atoms with Crippen LogP contribution in [0.3, 0.4) is 0 Å². The molecule has 0 saturated carbocycles. The minimum Gasteiger partial charge on any atom is -0.494 e. The average molecular weight is 879 g/mol. The van der Waals surface area contributed by atoms with Gasteiger partial charge in [-0.05, 0) is 170 Å². The quantitative estimate of drug-likeness (QED) is 0.0306. The highest BCUT2D eigenvalue weighted by Crippen LogP contribution is 2.28. The third kappa shape index (κ3) is 15.7. The van der Waals surface area contributed by atoms with E-state index in [9.17, 15) is 9.59 Å². The van der Waals surface area contributed by atoms with Crippen molar-refractivity contribution in [1.29, 1.82) is 0 Å². The van der Waals surface area contributed by atoms with Gasteiger partial charge in [0.15, 0.2) is 0 Å². The van der Waals surface area contributed by atoms with Gasteiger partial charge in [-0.3, -0.25) is 0 Å². The molecule has 0 aliphatic heterocycles. The molecule has 0 amide bonds. The summed E-state index contributed by atoms with van der Waals surface area (Å²) >= 11 is 0. The molecule has 0 spiro atoms. The van der Waals surface area contributed by atoms with Gasteiger partial charge in [0.2, 0.25) is 0 Å². The van der Waals surface area contributed by atoms with E-state index in [-0.39, 0.29) is 0 Å². The fourth-order valence-electron chi connectivity index (χ4n) is 6.59. The van der Waals surface area contributed by atoms with E-state index in [2.05, 4.69) is 87.1 Å². The second-order valence-corrected chi connectivity index (χ2v) is 15.3. The minimum absolute atomic E-state index is 0.360. The summed E-state index contributed by atoms with van der Waals surface area (Å²) in [5, 5.41) is 0. The van der Waals surface area contributed by atoms with Crippen LogP contribution in [0.4, 0.5) is 0 Å². The molecule has 0 aliphatic carbocycles. The summed E-state index contributed by atoms with van der Waals surface area (Å²) in [6, 6.07) is 44.0. The van der Waals surface area contributed by atoms with Gasteiger partial charge in [0.1, 0.15) is 36.2 Å². The molecule has 6 rings (SSSR count). The van der Waals surface area contributed by atoms with Crippen molar-refractivity contribution in [2.75, 3.05) is 26.4 Å². The van der Waals surface area contributed by atoms with Gasteiger partial charge in [-0.15, -0.1) is 0 Å². The molecule has 0 radical (unpaired) electrons. The lowest BCUT2D eigenvalue weighted by molar-refractivity contribution is -0.138. The van der Waals surface area contributed by atoms with Crippen molar-refractivity contribution in [2.24, 2.45) is 0 Å². The van der Waals surface area contributed by atoms with Crippen molar-refractivity contribution < 1.29 is 38.0 Å². The zero-order valence-corrected chi connectivity index (χ0v) is 37.6. The van der Waals surface area contributed by atoms with E-state index < -0.39 is 11.9 Å². The summed E-state index contributed by atoms with van der Waals surface area (Å²) in [5.41, 5.74) is 10.4. The first kappa shape index (κ1) is 47.5. The number of benzene rings is 6. The van der Waals surface area contributed by atoms with Crippen LogP contribution >= 0.6 is 0 Å². The van der Waals surface area contributed by atoms with E-state index in [4.69, 9.17) is 28.4 Å². The van der Waals surface area contributed by atoms with E-state index in [0.717, 1.165) is 105 Å². The fourth-order valence-corrected chi connectivity index (χ4v) is 6.59. The number of rotatable bonds is 21. The van der Waals surface area contributed by atoms with Crippen LogP contribution in [0.1, 0.15) is 70.2 Å². The lowest BCUT2D eigenvalue weighted by Gasteiger charge is -2.10. The van der Waals surface area contributed by atoms with Crippen LogP contribution in [-0.4, -0.2) is 38.4 Å². The molecule has 0 saturated heterocycles. The van der Waals surface area contributed by atoms with Crippen molar-refractivity contribution in [3.05, 3.63) is 203 Å². The summed E-state index contributed by atoms with van der Waals surface area (Å²) in [5.74, 6) is 15.5. The van der Waals surface area contributed by atoms with E-state index in [0.29, 0.717) is 39.6 Å². The predicted molar refractivity (Wildman–Crippen MR) is 260 cm³/mol. The molecule has 0 bridgehead atoms. The molecule has 0 unspecified atom stereocenters. The maximum atomic E-state index is 11.1. The van der Waals surface area contributed by atoms with Gasteiger partial charge in [-0.1, -0.05) is 73.2 Å². The molecule has 0 fully saturated rings. The third-order valence-corrected chi connectivity index (χ3v) is 10.2. The monoisotopic (exact) mass is 878 g/mol. The van der Waals surface area contributed by atoms with Crippen molar-refractivity contribution in [3.63, 3.8) is 0 Å². The molecule has 334 valence electrons. The first-order chi connectivity index (χ1) is 32.2. The Morgan fingerprint density at radius 2 is 0.742 bits per heavy atom. The highest BCUT2D eigenvalue weighted by Gasteiger charge is 2.08. The maximum absolute atomic E-state index is 11.1. The van der Waals surface area contributed by atoms with E-state index in [1.807, 2.05) is 97.1 Å². The van der Waals surface area contributed by atoms with Crippen LogP contribution in [-0.2, 0) is 32.3 Å². The Kier molecular flexibility index (Phi) is 18.3. The number of carbonyl (C=O) groups excluding carboxylic acids is 2. The van der Waals surface area contributed by atoms with Crippen LogP contribution in [0.15, 0.2) is 159 Å². The molecule has 0 N–H and O–H groups in total. The van der Waals surface area contributed by atoms with Crippen LogP contribution in [0.2, 0.25) is 0 Å². The summed E-state index contributed by atoms with van der Waals surface area (Å²) in [6.45, 7) is 13.7. The zero-order valence-electron chi connectivity index (χ0n) is 37.6. The Balaban J connectivity index is 0.923. The number of carbonyl (C=O) groups is 2. The molecule has 6 aromatic rings. The highest BCUT2D eigenvalue weighted by molar-refractivity contribution is 5.81. The van der Waals surface area contributed by atoms with Crippen molar-refractivity contribution in [2.45, 2.75) is 52.7 Å². The van der Waals surface area contributed by atoms with Crippen LogP contribution in [0.25, 0.3) is 11.1 Å². The third-order valence-electron chi connectivity index (χ3n) is 10.2. The number of ether oxygens (including phenoxy) is 6. The molecule has 66 heavy (non-hydrogen) atoms. The minimum atomic E-state index is -0.404.